The van der Waals surface area contributed by atoms with Crippen LogP contribution in [0.3, 0.4) is 0 Å². The van der Waals surface area contributed by atoms with E-state index in [2.05, 4.69) is 15.3 Å². The van der Waals surface area contributed by atoms with Crippen molar-refractivity contribution >= 4 is 15.8 Å². The first-order chi connectivity index (χ1) is 14.6. The summed E-state index contributed by atoms with van der Waals surface area (Å²) in [6.45, 7) is 0.865. The van der Waals surface area contributed by atoms with Gasteiger partial charge in [-0.25, -0.2) is 18.4 Å². The Labute approximate surface area is 178 Å². The van der Waals surface area contributed by atoms with E-state index in [0.717, 1.165) is 37.6 Å². The van der Waals surface area contributed by atoms with Crippen molar-refractivity contribution < 1.29 is 26.3 Å². The number of ether oxygens (including phenoxy) is 1. The average Bonchev–Trinajstić information content (AvgIpc) is 3.36. The molecular weight excluding hydrogens is 435 g/mol. The molecule has 2 aromatic heterocycles. The van der Waals surface area contributed by atoms with Crippen LogP contribution >= 0.6 is 0 Å². The Morgan fingerprint density at radius 2 is 2.03 bits per heavy atom. The van der Waals surface area contributed by atoms with Crippen LogP contribution in [-0.4, -0.2) is 59.1 Å². The summed E-state index contributed by atoms with van der Waals surface area (Å²) >= 11 is 0. The summed E-state index contributed by atoms with van der Waals surface area (Å²) in [6, 6.07) is 1.39. The van der Waals surface area contributed by atoms with E-state index in [1.807, 2.05) is 0 Å². The number of rotatable bonds is 5. The molecule has 0 aromatic carbocycles. The monoisotopic (exact) mass is 459 g/mol. The highest BCUT2D eigenvalue weighted by molar-refractivity contribution is 7.89. The van der Waals surface area contributed by atoms with E-state index in [1.165, 1.54) is 16.8 Å². The van der Waals surface area contributed by atoms with Gasteiger partial charge in [-0.15, -0.1) is 0 Å². The lowest BCUT2D eigenvalue weighted by Crippen LogP contribution is -2.39. The molecule has 2 saturated heterocycles. The Morgan fingerprint density at radius 3 is 2.68 bits per heavy atom. The van der Waals surface area contributed by atoms with Crippen LogP contribution in [0.25, 0.3) is 0 Å². The summed E-state index contributed by atoms with van der Waals surface area (Å²) in [5.74, 6) is -0.173. The molecular formula is C19H24F3N5O3S. The predicted molar refractivity (Wildman–Crippen MR) is 106 cm³/mol. The fraction of sp³-hybridized carbons (Fsp3) is 0.579. The highest BCUT2D eigenvalue weighted by Gasteiger charge is 2.44. The molecule has 0 bridgehead atoms. The normalized spacial score (nSPS) is 25.6. The molecule has 2 aliphatic rings. The van der Waals surface area contributed by atoms with Gasteiger partial charge in [0.25, 0.3) is 10.0 Å². The molecule has 12 heteroatoms. The van der Waals surface area contributed by atoms with Crippen LogP contribution in [0.2, 0.25) is 0 Å². The molecule has 2 aromatic rings. The van der Waals surface area contributed by atoms with Gasteiger partial charge in [-0.05, 0) is 31.4 Å². The summed E-state index contributed by atoms with van der Waals surface area (Å²) in [5, 5.41) is 2.98. The number of nitrogens with zero attached hydrogens (tertiary/aromatic N) is 4. The molecule has 8 nitrogen and oxygen atoms in total. The van der Waals surface area contributed by atoms with Crippen molar-refractivity contribution in [3.05, 3.63) is 36.4 Å². The summed E-state index contributed by atoms with van der Waals surface area (Å²) < 4.78 is 74.2. The predicted octanol–water partition coefficient (Wildman–Crippen LogP) is 2.50. The van der Waals surface area contributed by atoms with Gasteiger partial charge in [0.15, 0.2) is 5.03 Å². The van der Waals surface area contributed by atoms with Crippen molar-refractivity contribution in [1.29, 1.82) is 0 Å². The zero-order valence-corrected chi connectivity index (χ0v) is 17.7. The van der Waals surface area contributed by atoms with E-state index in [1.54, 1.807) is 11.6 Å². The minimum absolute atomic E-state index is 0.0534. The summed E-state index contributed by atoms with van der Waals surface area (Å²) in [6.07, 6.45) is 1.93. The van der Waals surface area contributed by atoms with Gasteiger partial charge >= 0.3 is 6.18 Å². The number of anilines is 1. The molecule has 1 N–H and O–H groups in total. The summed E-state index contributed by atoms with van der Waals surface area (Å²) in [4.78, 5) is 7.97. The maximum absolute atomic E-state index is 13.1. The number of pyridine rings is 1. The third-order valence-electron chi connectivity index (χ3n) is 5.73. The van der Waals surface area contributed by atoms with Crippen LogP contribution in [0.15, 0.2) is 35.9 Å². The fourth-order valence-corrected chi connectivity index (χ4v) is 5.62. The van der Waals surface area contributed by atoms with Crippen molar-refractivity contribution in [1.82, 2.24) is 18.8 Å². The van der Waals surface area contributed by atoms with E-state index in [0.29, 0.717) is 6.61 Å². The van der Waals surface area contributed by atoms with Crippen LogP contribution in [0, 0.1) is 5.92 Å². The van der Waals surface area contributed by atoms with Crippen LogP contribution < -0.4 is 5.32 Å². The summed E-state index contributed by atoms with van der Waals surface area (Å²) in [5.41, 5.74) is -0.813. The standard InChI is InChI=1S/C19H24F3N5O3S/c1-26-11-18(24-12-26)31(28,29)27-9-14(16-4-2-3-7-30-16)15(10-27)25-17-8-13(5-6-23-17)19(20,21)22/h5-6,8,11-12,14-16H,2-4,7,9-10H2,1H3,(H,23,25)/t14-,15-,16?/m0/s1. The molecule has 31 heavy (non-hydrogen) atoms. The molecule has 4 heterocycles. The maximum Gasteiger partial charge on any atom is 0.416 e. The van der Waals surface area contributed by atoms with Gasteiger partial charge in [-0.2, -0.15) is 17.5 Å². The first-order valence-electron chi connectivity index (χ1n) is 10.0. The molecule has 0 radical (unpaired) electrons. The van der Waals surface area contributed by atoms with E-state index < -0.39 is 27.8 Å². The zero-order chi connectivity index (χ0) is 22.2. The third-order valence-corrected chi connectivity index (χ3v) is 7.45. The number of alkyl halides is 3. The Morgan fingerprint density at radius 1 is 1.23 bits per heavy atom. The number of hydrogen-bond acceptors (Lipinski definition) is 6. The van der Waals surface area contributed by atoms with Crippen molar-refractivity contribution in [3.63, 3.8) is 0 Å². The molecule has 2 aliphatic heterocycles. The molecule has 170 valence electrons. The maximum atomic E-state index is 13.1. The molecule has 1 unspecified atom stereocenters. The molecule has 0 amide bonds. The largest absolute Gasteiger partial charge is 0.416 e. The highest BCUT2D eigenvalue weighted by atomic mass is 32.2. The number of imidazole rings is 1. The molecule has 0 aliphatic carbocycles. The van der Waals surface area contributed by atoms with E-state index in [-0.39, 0.29) is 36.0 Å². The first-order valence-corrected chi connectivity index (χ1v) is 11.5. The second-order valence-electron chi connectivity index (χ2n) is 7.95. The van der Waals surface area contributed by atoms with Crippen LogP contribution in [0.5, 0.6) is 0 Å². The van der Waals surface area contributed by atoms with Crippen LogP contribution in [0.4, 0.5) is 19.0 Å². The molecule has 0 saturated carbocycles. The zero-order valence-electron chi connectivity index (χ0n) is 16.9. The molecule has 0 spiro atoms. The smallest absolute Gasteiger partial charge is 0.378 e. The Kier molecular flexibility index (Phi) is 5.97. The number of halogens is 3. The van der Waals surface area contributed by atoms with Gasteiger partial charge in [-0.1, -0.05) is 0 Å². The second-order valence-corrected chi connectivity index (χ2v) is 9.83. The number of sulfonamides is 1. The Hall–Kier alpha value is -2.18. The average molecular weight is 459 g/mol. The molecule has 2 fully saturated rings. The van der Waals surface area contributed by atoms with Gasteiger partial charge in [0.1, 0.15) is 5.82 Å². The van der Waals surface area contributed by atoms with Crippen LogP contribution in [-0.2, 0) is 28.0 Å². The second kappa shape index (κ2) is 8.40. The number of hydrogen-bond donors (Lipinski definition) is 1. The van der Waals surface area contributed by atoms with E-state index in [9.17, 15) is 21.6 Å². The number of aromatic nitrogens is 3. The third kappa shape index (κ3) is 4.70. The topological polar surface area (TPSA) is 89.4 Å². The number of nitrogens with one attached hydrogen (secondary N) is 1. The number of aryl methyl sites for hydroxylation is 1. The molecule has 4 rings (SSSR count). The summed E-state index contributed by atoms with van der Waals surface area (Å²) in [7, 11) is -2.16. The van der Waals surface area contributed by atoms with E-state index in [4.69, 9.17) is 4.74 Å². The van der Waals surface area contributed by atoms with Gasteiger partial charge < -0.3 is 14.6 Å². The quantitative estimate of drug-likeness (QED) is 0.739. The lowest BCUT2D eigenvalue weighted by atomic mass is 9.91. The fourth-order valence-electron chi connectivity index (χ4n) is 4.15. The Balaban J connectivity index is 1.59. The lowest BCUT2D eigenvalue weighted by molar-refractivity contribution is -0.137. The Bertz CT molecular complexity index is 1020. The van der Waals surface area contributed by atoms with E-state index >= 15 is 0 Å². The minimum atomic E-state index is -4.49. The van der Waals surface area contributed by atoms with Crippen molar-refractivity contribution in [2.24, 2.45) is 13.0 Å². The van der Waals surface area contributed by atoms with Gasteiger partial charge in [0.05, 0.1) is 18.0 Å². The minimum Gasteiger partial charge on any atom is -0.378 e. The van der Waals surface area contributed by atoms with Crippen molar-refractivity contribution in [2.45, 2.75) is 42.6 Å². The van der Waals surface area contributed by atoms with Gasteiger partial charge in [0.2, 0.25) is 0 Å². The van der Waals surface area contributed by atoms with Crippen molar-refractivity contribution in [3.8, 4) is 0 Å². The lowest BCUT2D eigenvalue weighted by Gasteiger charge is -2.31. The molecule has 3 atom stereocenters. The van der Waals surface area contributed by atoms with Gasteiger partial charge in [0, 0.05) is 51.1 Å². The van der Waals surface area contributed by atoms with Crippen molar-refractivity contribution in [2.75, 3.05) is 25.0 Å². The van der Waals surface area contributed by atoms with Crippen LogP contribution in [0.1, 0.15) is 24.8 Å². The van der Waals surface area contributed by atoms with Gasteiger partial charge in [-0.3, -0.25) is 0 Å². The highest BCUT2D eigenvalue weighted by Crippen LogP contribution is 2.34. The first kappa shape index (κ1) is 22.0. The SMILES string of the molecule is Cn1cnc(S(=O)(=O)N2C[C@H](Nc3cc(C(F)(F)F)ccn3)[C@@H](C3CCCCO3)C2)c1.